The Bertz CT molecular complexity index is 218. The average molecular weight is 246 g/mol. The van der Waals surface area contributed by atoms with E-state index < -0.39 is 35.2 Å². The molecule has 2 N–H and O–H groups in total. The zero-order chi connectivity index (χ0) is 12.2. The SMILES string of the molecule is CC(O)C(C)SCC(C(=O)O)C(F)(F)F. The molecule has 0 saturated heterocycles. The van der Waals surface area contributed by atoms with Crippen molar-refractivity contribution in [2.24, 2.45) is 5.92 Å². The van der Waals surface area contributed by atoms with Crippen LogP contribution < -0.4 is 0 Å². The smallest absolute Gasteiger partial charge is 0.403 e. The Kier molecular flexibility index (Phi) is 5.44. The molecule has 3 atom stereocenters. The van der Waals surface area contributed by atoms with E-state index >= 15 is 0 Å². The van der Waals surface area contributed by atoms with E-state index in [1.165, 1.54) is 6.92 Å². The van der Waals surface area contributed by atoms with Gasteiger partial charge in [-0.05, 0) is 6.92 Å². The minimum absolute atomic E-state index is 0.422. The molecule has 0 bridgehead atoms. The quantitative estimate of drug-likeness (QED) is 0.776. The Labute approximate surface area is 89.7 Å². The van der Waals surface area contributed by atoms with Crippen molar-refractivity contribution in [2.75, 3.05) is 5.75 Å². The third kappa shape index (κ3) is 5.27. The van der Waals surface area contributed by atoms with Crippen LogP contribution in [0.2, 0.25) is 0 Å². The second-order valence-electron chi connectivity index (χ2n) is 3.21. The van der Waals surface area contributed by atoms with Gasteiger partial charge in [-0.1, -0.05) is 6.92 Å². The Hall–Kier alpha value is -0.430. The van der Waals surface area contributed by atoms with Crippen LogP contribution in [-0.4, -0.2) is 39.5 Å². The van der Waals surface area contributed by atoms with Gasteiger partial charge >= 0.3 is 12.1 Å². The third-order valence-corrected chi connectivity index (χ3v) is 3.34. The summed E-state index contributed by atoms with van der Waals surface area (Å²) < 4.78 is 36.5. The first-order chi connectivity index (χ1) is 6.66. The van der Waals surface area contributed by atoms with E-state index in [1.54, 1.807) is 6.92 Å². The number of alkyl halides is 3. The van der Waals surface area contributed by atoms with Crippen molar-refractivity contribution < 1.29 is 28.2 Å². The Morgan fingerprint density at radius 3 is 2.13 bits per heavy atom. The summed E-state index contributed by atoms with van der Waals surface area (Å²) in [5.74, 6) is -4.83. The molecule has 0 aromatic carbocycles. The highest BCUT2D eigenvalue weighted by atomic mass is 32.2. The van der Waals surface area contributed by atoms with E-state index in [0.717, 1.165) is 11.8 Å². The molecule has 0 spiro atoms. The number of aliphatic hydroxyl groups is 1. The fourth-order valence-electron chi connectivity index (χ4n) is 0.693. The van der Waals surface area contributed by atoms with Crippen molar-refractivity contribution in [3.63, 3.8) is 0 Å². The number of carbonyl (C=O) groups is 1. The summed E-state index contributed by atoms with van der Waals surface area (Å²) in [6.07, 6.45) is -5.50. The van der Waals surface area contributed by atoms with Gasteiger partial charge in [0.05, 0.1) is 6.10 Å². The van der Waals surface area contributed by atoms with Gasteiger partial charge < -0.3 is 10.2 Å². The van der Waals surface area contributed by atoms with Crippen LogP contribution in [0.4, 0.5) is 13.2 Å². The van der Waals surface area contributed by atoms with Crippen molar-refractivity contribution >= 4 is 17.7 Å². The molecule has 0 aliphatic rings. The predicted octanol–water partition coefficient (Wildman–Crippen LogP) is 1.75. The van der Waals surface area contributed by atoms with Crippen LogP contribution in [0, 0.1) is 5.92 Å². The van der Waals surface area contributed by atoms with Gasteiger partial charge in [0.2, 0.25) is 0 Å². The molecule has 90 valence electrons. The standard InChI is InChI=1S/C8H13F3O3S/c1-4(12)5(2)15-3-6(7(13)14)8(9,10)11/h4-6,12H,3H2,1-2H3,(H,13,14). The molecule has 0 rings (SSSR count). The zero-order valence-corrected chi connectivity index (χ0v) is 9.10. The molecular weight excluding hydrogens is 233 g/mol. The molecule has 0 aliphatic heterocycles. The second-order valence-corrected chi connectivity index (χ2v) is 4.62. The van der Waals surface area contributed by atoms with Gasteiger partial charge in [0.15, 0.2) is 5.92 Å². The molecule has 3 unspecified atom stereocenters. The molecule has 0 aromatic rings. The number of halogens is 3. The maximum Gasteiger partial charge on any atom is 0.403 e. The van der Waals surface area contributed by atoms with Crippen molar-refractivity contribution in [1.82, 2.24) is 0 Å². The molecule has 0 aromatic heterocycles. The van der Waals surface area contributed by atoms with Gasteiger partial charge in [0, 0.05) is 11.0 Å². The zero-order valence-electron chi connectivity index (χ0n) is 8.28. The first-order valence-corrected chi connectivity index (χ1v) is 5.30. The van der Waals surface area contributed by atoms with Gasteiger partial charge in [0.25, 0.3) is 0 Å². The Morgan fingerprint density at radius 1 is 1.40 bits per heavy atom. The van der Waals surface area contributed by atoms with E-state index in [2.05, 4.69) is 0 Å². The molecular formula is C8H13F3O3S. The summed E-state index contributed by atoms with van der Waals surface area (Å²) in [6.45, 7) is 2.99. The summed E-state index contributed by atoms with van der Waals surface area (Å²) in [6, 6.07) is 0. The largest absolute Gasteiger partial charge is 0.481 e. The lowest BCUT2D eigenvalue weighted by atomic mass is 10.2. The fourth-order valence-corrected chi connectivity index (χ4v) is 1.80. The van der Waals surface area contributed by atoms with Crippen LogP contribution in [0.25, 0.3) is 0 Å². The lowest BCUT2D eigenvalue weighted by Gasteiger charge is -2.19. The third-order valence-electron chi connectivity index (χ3n) is 1.90. The van der Waals surface area contributed by atoms with Gasteiger partial charge in [-0.3, -0.25) is 4.79 Å². The molecule has 0 fully saturated rings. The van der Waals surface area contributed by atoms with Crippen molar-refractivity contribution in [3.05, 3.63) is 0 Å². The number of rotatable bonds is 5. The van der Waals surface area contributed by atoms with Crippen LogP contribution in [0.5, 0.6) is 0 Å². The minimum Gasteiger partial charge on any atom is -0.481 e. The molecule has 0 heterocycles. The maximum atomic E-state index is 12.2. The molecule has 0 aliphatic carbocycles. The predicted molar refractivity (Wildman–Crippen MR) is 50.8 cm³/mol. The van der Waals surface area contributed by atoms with Crippen LogP contribution in [-0.2, 0) is 4.79 Å². The summed E-state index contributed by atoms with van der Waals surface area (Å²) in [5.41, 5.74) is 0. The number of carboxylic acid groups (broad SMARTS) is 1. The van der Waals surface area contributed by atoms with Crippen molar-refractivity contribution in [3.8, 4) is 0 Å². The lowest BCUT2D eigenvalue weighted by Crippen LogP contribution is -2.33. The number of hydrogen-bond donors (Lipinski definition) is 2. The van der Waals surface area contributed by atoms with E-state index in [0.29, 0.717) is 0 Å². The second kappa shape index (κ2) is 5.60. The fraction of sp³-hybridized carbons (Fsp3) is 0.875. The molecule has 0 amide bonds. The van der Waals surface area contributed by atoms with E-state index in [9.17, 15) is 18.0 Å². The van der Waals surface area contributed by atoms with Crippen LogP contribution >= 0.6 is 11.8 Å². The maximum absolute atomic E-state index is 12.2. The Morgan fingerprint density at radius 2 is 1.87 bits per heavy atom. The van der Waals surface area contributed by atoms with Crippen LogP contribution in [0.15, 0.2) is 0 Å². The highest BCUT2D eigenvalue weighted by Gasteiger charge is 2.45. The molecule has 0 saturated carbocycles. The summed E-state index contributed by atoms with van der Waals surface area (Å²) in [5, 5.41) is 17.0. The summed E-state index contributed by atoms with van der Waals surface area (Å²) >= 11 is 0.797. The average Bonchev–Trinajstić information content (AvgIpc) is 2.00. The first kappa shape index (κ1) is 14.6. The molecule has 15 heavy (non-hydrogen) atoms. The number of carboxylic acids is 1. The van der Waals surface area contributed by atoms with Crippen LogP contribution in [0.3, 0.4) is 0 Å². The summed E-state index contributed by atoms with van der Waals surface area (Å²) in [7, 11) is 0. The van der Waals surface area contributed by atoms with E-state index in [-0.39, 0.29) is 0 Å². The summed E-state index contributed by atoms with van der Waals surface area (Å²) in [4.78, 5) is 10.3. The Balaban J connectivity index is 4.27. The van der Waals surface area contributed by atoms with Crippen molar-refractivity contribution in [1.29, 1.82) is 0 Å². The van der Waals surface area contributed by atoms with Crippen LogP contribution in [0.1, 0.15) is 13.8 Å². The van der Waals surface area contributed by atoms with E-state index in [4.69, 9.17) is 10.2 Å². The minimum atomic E-state index is -4.74. The monoisotopic (exact) mass is 246 g/mol. The topological polar surface area (TPSA) is 57.5 Å². The highest BCUT2D eigenvalue weighted by molar-refractivity contribution is 7.99. The highest BCUT2D eigenvalue weighted by Crippen LogP contribution is 2.31. The van der Waals surface area contributed by atoms with Gasteiger partial charge in [-0.15, -0.1) is 0 Å². The molecule has 7 heteroatoms. The van der Waals surface area contributed by atoms with Gasteiger partial charge in [-0.25, -0.2) is 0 Å². The van der Waals surface area contributed by atoms with Gasteiger partial charge in [-0.2, -0.15) is 24.9 Å². The number of thioether (sulfide) groups is 1. The van der Waals surface area contributed by atoms with Crippen molar-refractivity contribution in [2.45, 2.75) is 31.4 Å². The van der Waals surface area contributed by atoms with E-state index in [1.807, 2.05) is 0 Å². The first-order valence-electron chi connectivity index (χ1n) is 4.25. The number of hydrogen-bond acceptors (Lipinski definition) is 3. The normalized spacial score (nSPS) is 18.3. The lowest BCUT2D eigenvalue weighted by molar-refractivity contribution is -0.188. The molecule has 3 nitrogen and oxygen atoms in total. The number of aliphatic hydroxyl groups excluding tert-OH is 1. The molecule has 0 radical (unpaired) electrons. The number of aliphatic carboxylic acids is 1. The van der Waals surface area contributed by atoms with Gasteiger partial charge in [0.1, 0.15) is 0 Å².